The summed E-state index contributed by atoms with van der Waals surface area (Å²) in [7, 11) is 1.56. The van der Waals surface area contributed by atoms with Gasteiger partial charge >= 0.3 is 0 Å². The summed E-state index contributed by atoms with van der Waals surface area (Å²) in [6, 6.07) is 14.6. The number of rotatable bonds is 5. The van der Waals surface area contributed by atoms with E-state index in [1.165, 1.54) is 0 Å². The highest BCUT2D eigenvalue weighted by Gasteiger charge is 2.31. The summed E-state index contributed by atoms with van der Waals surface area (Å²) in [6.45, 7) is 0.137. The van der Waals surface area contributed by atoms with Gasteiger partial charge in [-0.15, -0.1) is 5.10 Å². The Balaban J connectivity index is 1.53. The third kappa shape index (κ3) is 3.41. The van der Waals surface area contributed by atoms with Crippen molar-refractivity contribution in [2.24, 2.45) is 0 Å². The predicted octanol–water partition coefficient (Wildman–Crippen LogP) is 1.41. The van der Waals surface area contributed by atoms with Gasteiger partial charge in [0.1, 0.15) is 5.75 Å². The number of para-hydroxylation sites is 1. The van der Waals surface area contributed by atoms with Gasteiger partial charge in [-0.25, -0.2) is 0 Å². The van der Waals surface area contributed by atoms with Crippen LogP contribution in [0.2, 0.25) is 0 Å². The molecule has 2 N–H and O–H groups in total. The van der Waals surface area contributed by atoms with Crippen molar-refractivity contribution in [1.82, 2.24) is 25.5 Å². The molecule has 1 aromatic heterocycles. The second kappa shape index (κ2) is 7.47. The minimum Gasteiger partial charge on any atom is -0.497 e. The lowest BCUT2D eigenvalue weighted by Gasteiger charge is -2.25. The number of methoxy groups -OCH3 is 1. The highest BCUT2D eigenvalue weighted by molar-refractivity contribution is 6.01. The number of anilines is 1. The molecule has 0 saturated heterocycles. The molecule has 3 aromatic rings. The largest absolute Gasteiger partial charge is 0.497 e. The van der Waals surface area contributed by atoms with Gasteiger partial charge < -0.3 is 15.4 Å². The molecule has 1 aliphatic heterocycles. The smallest absolute Gasteiger partial charge is 0.228 e. The first kappa shape index (κ1) is 17.7. The van der Waals surface area contributed by atoms with Gasteiger partial charge in [0.2, 0.25) is 11.8 Å². The van der Waals surface area contributed by atoms with Gasteiger partial charge in [0.15, 0.2) is 5.82 Å². The normalized spacial score (nSPS) is 15.5. The first-order chi connectivity index (χ1) is 13.7. The number of carbonyl (C=O) groups is 2. The van der Waals surface area contributed by atoms with Crippen LogP contribution in [-0.4, -0.2) is 39.1 Å². The van der Waals surface area contributed by atoms with Crippen LogP contribution in [-0.2, 0) is 16.1 Å². The molecule has 1 atom stereocenters. The van der Waals surface area contributed by atoms with Crippen LogP contribution in [0, 0.1) is 0 Å². The van der Waals surface area contributed by atoms with Crippen molar-refractivity contribution < 1.29 is 14.3 Å². The number of carbonyl (C=O) groups excluding carboxylic acids is 2. The van der Waals surface area contributed by atoms with Crippen molar-refractivity contribution in [2.45, 2.75) is 18.9 Å². The Morgan fingerprint density at radius 2 is 2.11 bits per heavy atom. The molecule has 0 radical (unpaired) electrons. The van der Waals surface area contributed by atoms with E-state index in [9.17, 15) is 9.59 Å². The number of hydrogen-bond acceptors (Lipinski definition) is 6. The Labute approximate surface area is 160 Å². The number of aromatic nitrogens is 4. The standard InChI is InChI=1S/C19H18N6O3/c1-28-13-7-8-16-14(9-13)15(10-18(26)21-16)19(27)20-11-17-22-23-24-25(17)12-5-3-2-4-6-12/h2-9,15H,10-11H2,1H3,(H,20,27)(H,21,26). The maximum atomic E-state index is 12.8. The van der Waals surface area contributed by atoms with E-state index < -0.39 is 5.92 Å². The summed E-state index contributed by atoms with van der Waals surface area (Å²) >= 11 is 0. The minimum absolute atomic E-state index is 0.0651. The van der Waals surface area contributed by atoms with E-state index in [0.717, 1.165) is 11.3 Å². The lowest BCUT2D eigenvalue weighted by molar-refractivity contribution is -0.126. The third-order valence-electron chi connectivity index (χ3n) is 4.57. The molecule has 9 nitrogen and oxygen atoms in total. The molecule has 9 heteroatoms. The fourth-order valence-electron chi connectivity index (χ4n) is 3.18. The predicted molar refractivity (Wildman–Crippen MR) is 100.0 cm³/mol. The fourth-order valence-corrected chi connectivity index (χ4v) is 3.18. The number of benzene rings is 2. The number of nitrogens with zero attached hydrogens (tertiary/aromatic N) is 4. The molecule has 2 amide bonds. The lowest BCUT2D eigenvalue weighted by atomic mass is 9.89. The topological polar surface area (TPSA) is 111 Å². The molecule has 0 fully saturated rings. The van der Waals surface area contributed by atoms with Crippen LogP contribution in [0.4, 0.5) is 5.69 Å². The summed E-state index contributed by atoms with van der Waals surface area (Å²) < 4.78 is 6.80. The molecule has 2 aromatic carbocycles. The van der Waals surface area contributed by atoms with Gasteiger partial charge in [-0.3, -0.25) is 9.59 Å². The lowest BCUT2D eigenvalue weighted by Crippen LogP contribution is -2.35. The van der Waals surface area contributed by atoms with Crippen LogP contribution >= 0.6 is 0 Å². The Morgan fingerprint density at radius 3 is 2.89 bits per heavy atom. The van der Waals surface area contributed by atoms with Gasteiger partial charge in [-0.1, -0.05) is 18.2 Å². The van der Waals surface area contributed by atoms with E-state index in [-0.39, 0.29) is 24.8 Å². The zero-order valence-electron chi connectivity index (χ0n) is 15.1. The molecule has 142 valence electrons. The van der Waals surface area contributed by atoms with E-state index in [4.69, 9.17) is 4.74 Å². The number of amides is 2. The third-order valence-corrected chi connectivity index (χ3v) is 4.57. The monoisotopic (exact) mass is 378 g/mol. The zero-order valence-corrected chi connectivity index (χ0v) is 15.1. The fraction of sp³-hybridized carbons (Fsp3) is 0.211. The minimum atomic E-state index is -0.611. The number of nitrogens with one attached hydrogen (secondary N) is 2. The first-order valence-corrected chi connectivity index (χ1v) is 8.74. The molecule has 0 aliphatic carbocycles. The maximum absolute atomic E-state index is 12.8. The van der Waals surface area contributed by atoms with E-state index in [1.54, 1.807) is 30.0 Å². The second-order valence-electron chi connectivity index (χ2n) is 6.32. The Morgan fingerprint density at radius 1 is 1.29 bits per heavy atom. The van der Waals surface area contributed by atoms with Gasteiger partial charge in [0.25, 0.3) is 0 Å². The number of hydrogen-bond donors (Lipinski definition) is 2. The first-order valence-electron chi connectivity index (χ1n) is 8.74. The van der Waals surface area contributed by atoms with Gasteiger partial charge in [0, 0.05) is 12.1 Å². The van der Waals surface area contributed by atoms with E-state index in [2.05, 4.69) is 26.2 Å². The van der Waals surface area contributed by atoms with Crippen LogP contribution in [0.3, 0.4) is 0 Å². The number of fused-ring (bicyclic) bond motifs is 1. The van der Waals surface area contributed by atoms with E-state index in [0.29, 0.717) is 17.3 Å². The van der Waals surface area contributed by atoms with Crippen LogP contribution in [0.15, 0.2) is 48.5 Å². The summed E-state index contributed by atoms with van der Waals surface area (Å²) in [5.41, 5.74) is 2.13. The summed E-state index contributed by atoms with van der Waals surface area (Å²) in [6.07, 6.45) is 0.0651. The molecule has 28 heavy (non-hydrogen) atoms. The molecule has 0 saturated carbocycles. The quantitative estimate of drug-likeness (QED) is 0.694. The Kier molecular flexibility index (Phi) is 4.71. The van der Waals surface area contributed by atoms with Crippen molar-refractivity contribution in [2.75, 3.05) is 12.4 Å². The van der Waals surface area contributed by atoms with Gasteiger partial charge in [-0.2, -0.15) is 4.68 Å². The summed E-state index contributed by atoms with van der Waals surface area (Å²) in [5, 5.41) is 17.3. The summed E-state index contributed by atoms with van der Waals surface area (Å²) in [5.74, 6) is 0.0326. The average molecular weight is 378 g/mol. The SMILES string of the molecule is COc1ccc2c(c1)C(C(=O)NCc1nnnn1-c1ccccc1)CC(=O)N2. The van der Waals surface area contributed by atoms with Crippen molar-refractivity contribution in [3.63, 3.8) is 0 Å². The molecular weight excluding hydrogens is 360 g/mol. The summed E-state index contributed by atoms with van der Waals surface area (Å²) in [4.78, 5) is 24.8. The molecule has 1 unspecified atom stereocenters. The van der Waals surface area contributed by atoms with Crippen molar-refractivity contribution in [3.8, 4) is 11.4 Å². The van der Waals surface area contributed by atoms with Crippen LogP contribution in [0.1, 0.15) is 23.7 Å². The van der Waals surface area contributed by atoms with Crippen molar-refractivity contribution >= 4 is 17.5 Å². The van der Waals surface area contributed by atoms with Crippen LogP contribution < -0.4 is 15.4 Å². The number of tetrazole rings is 1. The van der Waals surface area contributed by atoms with Crippen molar-refractivity contribution in [3.05, 3.63) is 59.9 Å². The van der Waals surface area contributed by atoms with E-state index >= 15 is 0 Å². The highest BCUT2D eigenvalue weighted by Crippen LogP contribution is 2.35. The van der Waals surface area contributed by atoms with Crippen molar-refractivity contribution in [1.29, 1.82) is 0 Å². The van der Waals surface area contributed by atoms with E-state index in [1.807, 2.05) is 30.3 Å². The molecule has 0 spiro atoms. The Hall–Kier alpha value is -3.75. The zero-order chi connectivity index (χ0) is 19.5. The van der Waals surface area contributed by atoms with Gasteiger partial charge in [-0.05, 0) is 46.3 Å². The average Bonchev–Trinajstić information content (AvgIpc) is 3.20. The van der Waals surface area contributed by atoms with Crippen LogP contribution in [0.5, 0.6) is 5.75 Å². The molecule has 2 heterocycles. The molecular formula is C19H18N6O3. The Bertz CT molecular complexity index is 1020. The second-order valence-corrected chi connectivity index (χ2v) is 6.32. The maximum Gasteiger partial charge on any atom is 0.228 e. The molecule has 1 aliphatic rings. The van der Waals surface area contributed by atoms with Crippen LogP contribution in [0.25, 0.3) is 5.69 Å². The molecule has 0 bridgehead atoms. The number of ether oxygens (including phenoxy) is 1. The van der Waals surface area contributed by atoms with Gasteiger partial charge in [0.05, 0.1) is 25.3 Å². The molecule has 4 rings (SSSR count). The highest BCUT2D eigenvalue weighted by atomic mass is 16.5.